The maximum Gasteiger partial charge on any atom is 0.414 e. The van der Waals surface area contributed by atoms with Crippen LogP contribution < -0.4 is 25.4 Å². The standard InChI is InChI=1S/C32H27F4N5O6/c1-17(42)37-14-20-15-40(32(46)47-20)19-3-5-26(24(35)11-19)38-6-8-39(9-7-38)29-13-28-21(12-25(29)36)30(43)22(31(44)45)16-41(28)27-4-2-18(33)10-23(27)34/h2-5,10-13,16,20H,6-9,14-15H2,1H3,(H,37,42)(H,44,45). The first kappa shape index (κ1) is 31.4. The van der Waals surface area contributed by atoms with E-state index in [0.717, 1.165) is 29.0 Å². The number of carbonyl (C=O) groups is 3. The summed E-state index contributed by atoms with van der Waals surface area (Å²) in [7, 11) is 0. The SMILES string of the molecule is CC(=O)NCC1CN(c2ccc(N3CCN(c4cc5c(cc4F)c(=O)c(C(=O)O)cn5-c4ccc(F)cc4F)CC3)c(F)c2)C(=O)O1. The first-order valence-corrected chi connectivity index (χ1v) is 14.5. The highest BCUT2D eigenvalue weighted by Crippen LogP contribution is 2.32. The molecule has 2 fully saturated rings. The summed E-state index contributed by atoms with van der Waals surface area (Å²) in [5.41, 5.74) is -1.33. The molecular weight excluding hydrogens is 626 g/mol. The molecule has 2 N–H and O–H groups in total. The summed E-state index contributed by atoms with van der Waals surface area (Å²) in [5.74, 6) is -5.16. The molecule has 3 aromatic carbocycles. The topological polar surface area (TPSA) is 124 Å². The average molecular weight is 654 g/mol. The van der Waals surface area contributed by atoms with Crippen molar-refractivity contribution in [1.29, 1.82) is 0 Å². The smallest absolute Gasteiger partial charge is 0.414 e. The maximum atomic E-state index is 15.5. The quantitative estimate of drug-likeness (QED) is 0.287. The Hall–Kier alpha value is -5.60. The molecule has 0 aliphatic carbocycles. The van der Waals surface area contributed by atoms with Crippen LogP contribution >= 0.6 is 0 Å². The molecular formula is C32H27F4N5O6. The van der Waals surface area contributed by atoms with Gasteiger partial charge >= 0.3 is 12.1 Å². The fraction of sp³-hybridized carbons (Fsp3) is 0.250. The largest absolute Gasteiger partial charge is 0.477 e. The Morgan fingerprint density at radius 3 is 2.15 bits per heavy atom. The molecule has 1 atom stereocenters. The van der Waals surface area contributed by atoms with Crippen molar-refractivity contribution in [3.8, 4) is 5.69 Å². The number of fused-ring (bicyclic) bond motifs is 1. The molecule has 2 amide bonds. The predicted octanol–water partition coefficient (Wildman–Crippen LogP) is 4.03. The van der Waals surface area contributed by atoms with E-state index in [9.17, 15) is 33.1 Å². The number of hydrogen-bond acceptors (Lipinski definition) is 7. The van der Waals surface area contributed by atoms with Gasteiger partial charge in [0.2, 0.25) is 11.3 Å². The van der Waals surface area contributed by atoms with Gasteiger partial charge in [0.1, 0.15) is 34.9 Å². The molecule has 4 aromatic rings. The van der Waals surface area contributed by atoms with Crippen molar-refractivity contribution in [3.05, 3.63) is 93.8 Å². The zero-order valence-electron chi connectivity index (χ0n) is 24.8. The van der Waals surface area contributed by atoms with Crippen molar-refractivity contribution in [2.45, 2.75) is 13.0 Å². The highest BCUT2D eigenvalue weighted by molar-refractivity contribution is 5.94. The lowest BCUT2D eigenvalue weighted by Gasteiger charge is -2.37. The number of halogens is 4. The number of rotatable bonds is 7. The third kappa shape index (κ3) is 6.03. The molecule has 3 heterocycles. The molecule has 15 heteroatoms. The number of carbonyl (C=O) groups excluding carboxylic acids is 2. The van der Waals surface area contributed by atoms with E-state index in [-0.39, 0.29) is 78.8 Å². The molecule has 0 saturated carbocycles. The van der Waals surface area contributed by atoms with Gasteiger partial charge in [-0.25, -0.2) is 27.2 Å². The number of ether oxygens (including phenoxy) is 1. The van der Waals surface area contributed by atoms with Gasteiger partial charge in [-0.05, 0) is 42.5 Å². The summed E-state index contributed by atoms with van der Waals surface area (Å²) < 4.78 is 65.6. The van der Waals surface area contributed by atoms with Crippen molar-refractivity contribution in [2.75, 3.05) is 54.0 Å². The lowest BCUT2D eigenvalue weighted by atomic mass is 10.1. The van der Waals surface area contributed by atoms with Crippen LogP contribution in [0.25, 0.3) is 16.6 Å². The number of carboxylic acid groups (broad SMARTS) is 1. The summed E-state index contributed by atoms with van der Waals surface area (Å²) in [5, 5.41) is 11.8. The van der Waals surface area contributed by atoms with E-state index in [1.807, 2.05) is 0 Å². The van der Waals surface area contributed by atoms with Crippen molar-refractivity contribution >= 4 is 45.9 Å². The average Bonchev–Trinajstić information content (AvgIpc) is 3.41. The summed E-state index contributed by atoms with van der Waals surface area (Å²) in [6.07, 6.45) is -0.327. The Morgan fingerprint density at radius 1 is 0.872 bits per heavy atom. The van der Waals surface area contributed by atoms with Gasteiger partial charge in [0, 0.05) is 50.8 Å². The molecule has 2 aliphatic heterocycles. The van der Waals surface area contributed by atoms with Gasteiger partial charge in [0.25, 0.3) is 0 Å². The lowest BCUT2D eigenvalue weighted by molar-refractivity contribution is -0.119. The highest BCUT2D eigenvalue weighted by atomic mass is 19.1. The third-order valence-electron chi connectivity index (χ3n) is 8.13. The van der Waals surface area contributed by atoms with Crippen molar-refractivity contribution in [1.82, 2.24) is 9.88 Å². The second-order valence-electron chi connectivity index (χ2n) is 11.1. The maximum absolute atomic E-state index is 15.5. The number of hydrogen-bond donors (Lipinski definition) is 2. The molecule has 0 bridgehead atoms. The first-order chi connectivity index (χ1) is 22.4. The van der Waals surface area contributed by atoms with Crippen molar-refractivity contribution in [2.24, 2.45) is 0 Å². The van der Waals surface area contributed by atoms with Gasteiger partial charge in [0.15, 0.2) is 0 Å². The van der Waals surface area contributed by atoms with Crippen LogP contribution in [0.5, 0.6) is 0 Å². The molecule has 0 radical (unpaired) electrons. The van der Waals surface area contributed by atoms with Gasteiger partial charge in [0.05, 0.1) is 41.4 Å². The molecule has 2 aliphatic rings. The number of pyridine rings is 1. The number of aromatic carboxylic acids is 1. The number of piperazine rings is 1. The zero-order valence-corrected chi connectivity index (χ0v) is 24.8. The number of carboxylic acids is 1. The Bertz CT molecular complexity index is 2000. The fourth-order valence-corrected chi connectivity index (χ4v) is 5.81. The Kier molecular flexibility index (Phi) is 8.21. The molecule has 0 spiro atoms. The highest BCUT2D eigenvalue weighted by Gasteiger charge is 2.33. The lowest BCUT2D eigenvalue weighted by Crippen LogP contribution is -2.47. The van der Waals surface area contributed by atoms with Crippen LogP contribution in [0.2, 0.25) is 0 Å². The van der Waals surface area contributed by atoms with Crippen molar-refractivity contribution < 1.29 is 41.8 Å². The minimum atomic E-state index is -1.60. The monoisotopic (exact) mass is 653 g/mol. The number of nitrogens with one attached hydrogen (secondary N) is 1. The normalized spacial score (nSPS) is 16.5. The molecule has 47 heavy (non-hydrogen) atoms. The molecule has 6 rings (SSSR count). The van der Waals surface area contributed by atoms with Gasteiger partial charge < -0.3 is 29.5 Å². The summed E-state index contributed by atoms with van der Waals surface area (Å²) in [4.78, 5) is 52.9. The number of nitrogens with zero attached hydrogens (tertiary/aromatic N) is 4. The third-order valence-corrected chi connectivity index (χ3v) is 8.13. The molecule has 2 saturated heterocycles. The van der Waals surface area contributed by atoms with Crippen LogP contribution in [-0.2, 0) is 9.53 Å². The van der Waals surface area contributed by atoms with Crippen LogP contribution in [0, 0.1) is 23.3 Å². The van der Waals surface area contributed by atoms with E-state index in [4.69, 9.17) is 4.74 Å². The summed E-state index contributed by atoms with van der Waals surface area (Å²) >= 11 is 0. The van der Waals surface area contributed by atoms with Gasteiger partial charge in [-0.15, -0.1) is 0 Å². The van der Waals surface area contributed by atoms with E-state index in [2.05, 4.69) is 5.32 Å². The van der Waals surface area contributed by atoms with E-state index >= 15 is 8.78 Å². The van der Waals surface area contributed by atoms with E-state index < -0.39 is 52.4 Å². The molecule has 244 valence electrons. The number of amides is 2. The number of anilines is 3. The second-order valence-corrected chi connectivity index (χ2v) is 11.1. The fourth-order valence-electron chi connectivity index (χ4n) is 5.81. The number of aromatic nitrogens is 1. The minimum absolute atomic E-state index is 0.00530. The van der Waals surface area contributed by atoms with Gasteiger partial charge in [-0.1, -0.05) is 0 Å². The molecule has 1 aromatic heterocycles. The molecule has 11 nitrogen and oxygen atoms in total. The van der Waals surface area contributed by atoms with E-state index in [1.165, 1.54) is 30.0 Å². The number of cyclic esters (lactones) is 1. The Balaban J connectivity index is 1.24. The van der Waals surface area contributed by atoms with Crippen molar-refractivity contribution in [3.63, 3.8) is 0 Å². The van der Waals surface area contributed by atoms with Crippen LogP contribution in [0.15, 0.2) is 59.5 Å². The van der Waals surface area contributed by atoms with Crippen LogP contribution in [-0.4, -0.2) is 73.0 Å². The second kappa shape index (κ2) is 12.3. The van der Waals surface area contributed by atoms with Gasteiger partial charge in [-0.2, -0.15) is 0 Å². The van der Waals surface area contributed by atoms with Crippen LogP contribution in [0.4, 0.5) is 39.4 Å². The zero-order chi connectivity index (χ0) is 33.6. The van der Waals surface area contributed by atoms with E-state index in [0.29, 0.717) is 6.07 Å². The van der Waals surface area contributed by atoms with E-state index in [1.54, 1.807) is 15.9 Å². The number of benzene rings is 3. The van der Waals surface area contributed by atoms with Crippen LogP contribution in [0.1, 0.15) is 17.3 Å². The first-order valence-electron chi connectivity index (χ1n) is 14.5. The minimum Gasteiger partial charge on any atom is -0.477 e. The molecule has 1 unspecified atom stereocenters. The Morgan fingerprint density at radius 2 is 1.51 bits per heavy atom. The summed E-state index contributed by atoms with van der Waals surface area (Å²) in [6, 6.07) is 9.18. The van der Waals surface area contributed by atoms with Crippen LogP contribution in [0.3, 0.4) is 0 Å². The van der Waals surface area contributed by atoms with Gasteiger partial charge in [-0.3, -0.25) is 14.5 Å². The summed E-state index contributed by atoms with van der Waals surface area (Å²) in [6.45, 7) is 2.56. The Labute approximate surface area is 264 Å². The predicted molar refractivity (Wildman–Crippen MR) is 164 cm³/mol.